The predicted molar refractivity (Wildman–Crippen MR) is 113 cm³/mol. The first-order chi connectivity index (χ1) is 15.0. The second-order valence-electron chi connectivity index (χ2n) is 8.42. The summed E-state index contributed by atoms with van der Waals surface area (Å²) in [4.78, 5) is 52.3. The Bertz CT molecular complexity index is 870. The molecular formula is C24H28N2O5. The van der Waals surface area contributed by atoms with Crippen molar-refractivity contribution in [3.8, 4) is 0 Å². The van der Waals surface area contributed by atoms with Crippen molar-refractivity contribution in [3.63, 3.8) is 0 Å². The van der Waals surface area contributed by atoms with Crippen molar-refractivity contribution in [1.29, 1.82) is 0 Å². The van der Waals surface area contributed by atoms with E-state index in [1.54, 1.807) is 4.90 Å². The highest BCUT2D eigenvalue weighted by Gasteiger charge is 2.47. The molecule has 2 heterocycles. The summed E-state index contributed by atoms with van der Waals surface area (Å²) >= 11 is 0. The van der Waals surface area contributed by atoms with Crippen molar-refractivity contribution in [3.05, 3.63) is 42.0 Å². The molecule has 1 saturated heterocycles. The molecule has 0 unspecified atom stereocenters. The van der Waals surface area contributed by atoms with E-state index < -0.39 is 5.97 Å². The number of hydrogen-bond donors (Lipinski definition) is 0. The van der Waals surface area contributed by atoms with Gasteiger partial charge in [-0.1, -0.05) is 49.2 Å². The van der Waals surface area contributed by atoms with Gasteiger partial charge in [0.2, 0.25) is 11.8 Å². The molecule has 3 amide bonds. The molecule has 1 aromatic rings. The number of carbonyl (C=O) groups is 4. The van der Waals surface area contributed by atoms with Crippen molar-refractivity contribution in [1.82, 2.24) is 9.80 Å². The summed E-state index contributed by atoms with van der Waals surface area (Å²) in [7, 11) is 0. The highest BCUT2D eigenvalue weighted by Crippen LogP contribution is 2.38. The van der Waals surface area contributed by atoms with Crippen LogP contribution in [-0.2, 0) is 23.9 Å². The van der Waals surface area contributed by atoms with E-state index in [0.717, 1.165) is 37.7 Å². The van der Waals surface area contributed by atoms with Crippen LogP contribution in [0.1, 0.15) is 44.1 Å². The number of rotatable bonds is 6. The van der Waals surface area contributed by atoms with Crippen LogP contribution >= 0.6 is 0 Å². The number of likely N-dealkylation sites (tertiary alicyclic amines) is 1. The molecule has 0 aromatic heterocycles. The maximum absolute atomic E-state index is 12.5. The molecule has 0 radical (unpaired) electrons. The van der Waals surface area contributed by atoms with Gasteiger partial charge >= 0.3 is 5.97 Å². The van der Waals surface area contributed by atoms with Crippen molar-refractivity contribution < 1.29 is 23.9 Å². The minimum Gasteiger partial charge on any atom is -0.456 e. The lowest BCUT2D eigenvalue weighted by Gasteiger charge is -2.26. The molecular weight excluding hydrogens is 396 g/mol. The van der Waals surface area contributed by atoms with Gasteiger partial charge in [0, 0.05) is 19.6 Å². The lowest BCUT2D eigenvalue weighted by molar-refractivity contribution is -0.152. The first kappa shape index (κ1) is 21.3. The monoisotopic (exact) mass is 424 g/mol. The molecule has 1 saturated carbocycles. The van der Waals surface area contributed by atoms with Gasteiger partial charge in [0.25, 0.3) is 5.91 Å². The zero-order valence-corrected chi connectivity index (χ0v) is 17.6. The smallest absolute Gasteiger partial charge is 0.308 e. The van der Waals surface area contributed by atoms with Crippen LogP contribution in [0.25, 0.3) is 5.57 Å². The Balaban J connectivity index is 1.21. The van der Waals surface area contributed by atoms with Crippen LogP contribution in [0.3, 0.4) is 0 Å². The molecule has 2 fully saturated rings. The summed E-state index contributed by atoms with van der Waals surface area (Å²) in [6.45, 7) is 0.780. The van der Waals surface area contributed by atoms with E-state index in [1.165, 1.54) is 10.5 Å². The SMILES string of the molecule is O=C(CCN1C(=O)[C@H]2CCCC[C@H]2C1=O)OCC(=O)N1CC=C(c2ccccc2)CC1. The molecule has 31 heavy (non-hydrogen) atoms. The summed E-state index contributed by atoms with van der Waals surface area (Å²) in [6, 6.07) is 10.1. The molecule has 2 atom stereocenters. The van der Waals surface area contributed by atoms with E-state index in [-0.39, 0.29) is 49.1 Å². The highest BCUT2D eigenvalue weighted by molar-refractivity contribution is 6.05. The molecule has 1 aromatic carbocycles. The van der Waals surface area contributed by atoms with Gasteiger partial charge in [-0.15, -0.1) is 0 Å². The van der Waals surface area contributed by atoms with E-state index in [4.69, 9.17) is 4.74 Å². The predicted octanol–water partition coefficient (Wildman–Crippen LogP) is 2.41. The molecule has 7 heteroatoms. The lowest BCUT2D eigenvalue weighted by atomic mass is 9.81. The number of esters is 1. The molecule has 1 aliphatic carbocycles. The Labute approximate surface area is 182 Å². The number of nitrogens with zero attached hydrogens (tertiary/aromatic N) is 2. The average Bonchev–Trinajstić information content (AvgIpc) is 3.06. The topological polar surface area (TPSA) is 84.0 Å². The summed E-state index contributed by atoms with van der Waals surface area (Å²) in [6.07, 6.45) is 6.14. The van der Waals surface area contributed by atoms with Gasteiger partial charge in [0.15, 0.2) is 6.61 Å². The van der Waals surface area contributed by atoms with Crippen LogP contribution in [0, 0.1) is 11.8 Å². The molecule has 164 valence electrons. The Hall–Kier alpha value is -2.96. The second kappa shape index (κ2) is 9.45. The van der Waals surface area contributed by atoms with E-state index >= 15 is 0 Å². The first-order valence-electron chi connectivity index (χ1n) is 11.1. The Morgan fingerprint density at radius 1 is 1.00 bits per heavy atom. The minimum absolute atomic E-state index is 0.0323. The van der Waals surface area contributed by atoms with E-state index in [2.05, 4.69) is 12.1 Å². The third-order valence-electron chi connectivity index (χ3n) is 6.53. The zero-order chi connectivity index (χ0) is 21.8. The highest BCUT2D eigenvalue weighted by atomic mass is 16.5. The molecule has 0 spiro atoms. The van der Waals surface area contributed by atoms with Gasteiger partial charge in [0.05, 0.1) is 18.3 Å². The molecule has 0 N–H and O–H groups in total. The maximum atomic E-state index is 12.5. The Kier molecular flexibility index (Phi) is 6.49. The number of amides is 3. The van der Waals surface area contributed by atoms with E-state index in [9.17, 15) is 19.2 Å². The van der Waals surface area contributed by atoms with Crippen molar-refractivity contribution >= 4 is 29.3 Å². The van der Waals surface area contributed by atoms with Crippen LogP contribution in [0.5, 0.6) is 0 Å². The number of benzene rings is 1. The summed E-state index contributed by atoms with van der Waals surface area (Å²) < 4.78 is 5.12. The van der Waals surface area contributed by atoms with E-state index in [1.807, 2.05) is 24.3 Å². The van der Waals surface area contributed by atoms with Crippen LogP contribution in [0.2, 0.25) is 0 Å². The number of imide groups is 1. The van der Waals surface area contributed by atoms with Crippen LogP contribution in [0.4, 0.5) is 0 Å². The quantitative estimate of drug-likeness (QED) is 0.517. The third-order valence-corrected chi connectivity index (χ3v) is 6.53. The average molecular weight is 424 g/mol. The van der Waals surface area contributed by atoms with Gasteiger partial charge in [0.1, 0.15) is 0 Å². The fourth-order valence-electron chi connectivity index (χ4n) is 4.77. The third kappa shape index (κ3) is 4.70. The number of carbonyl (C=O) groups excluding carboxylic acids is 4. The maximum Gasteiger partial charge on any atom is 0.308 e. The minimum atomic E-state index is -0.568. The normalized spacial score (nSPS) is 23.4. The zero-order valence-electron chi connectivity index (χ0n) is 17.6. The molecule has 3 aliphatic rings. The Morgan fingerprint density at radius 2 is 1.68 bits per heavy atom. The van der Waals surface area contributed by atoms with Gasteiger partial charge in [-0.3, -0.25) is 24.1 Å². The van der Waals surface area contributed by atoms with Crippen LogP contribution < -0.4 is 0 Å². The van der Waals surface area contributed by atoms with Gasteiger partial charge in [-0.25, -0.2) is 0 Å². The van der Waals surface area contributed by atoms with Gasteiger partial charge in [-0.2, -0.15) is 0 Å². The van der Waals surface area contributed by atoms with Gasteiger partial charge < -0.3 is 9.64 Å². The molecule has 4 rings (SSSR count). The van der Waals surface area contributed by atoms with Crippen LogP contribution in [-0.4, -0.2) is 59.7 Å². The van der Waals surface area contributed by atoms with Crippen LogP contribution in [0.15, 0.2) is 36.4 Å². The molecule has 2 aliphatic heterocycles. The molecule has 7 nitrogen and oxygen atoms in total. The largest absolute Gasteiger partial charge is 0.456 e. The van der Waals surface area contributed by atoms with E-state index in [0.29, 0.717) is 13.1 Å². The fraction of sp³-hybridized carbons (Fsp3) is 0.500. The van der Waals surface area contributed by atoms with Crippen molar-refractivity contribution in [2.45, 2.75) is 38.5 Å². The molecule has 0 bridgehead atoms. The van der Waals surface area contributed by atoms with Gasteiger partial charge in [-0.05, 0) is 30.4 Å². The summed E-state index contributed by atoms with van der Waals surface area (Å²) in [5.74, 6) is -1.56. The number of ether oxygens (including phenoxy) is 1. The van der Waals surface area contributed by atoms with Crippen molar-refractivity contribution in [2.24, 2.45) is 11.8 Å². The lowest BCUT2D eigenvalue weighted by Crippen LogP contribution is -2.38. The summed E-state index contributed by atoms with van der Waals surface area (Å²) in [5.41, 5.74) is 2.37. The summed E-state index contributed by atoms with van der Waals surface area (Å²) in [5, 5.41) is 0. The number of fused-ring (bicyclic) bond motifs is 1. The van der Waals surface area contributed by atoms with Crippen molar-refractivity contribution in [2.75, 3.05) is 26.2 Å². The fourth-order valence-corrected chi connectivity index (χ4v) is 4.77. The second-order valence-corrected chi connectivity index (χ2v) is 8.42. The Morgan fingerprint density at radius 3 is 2.29 bits per heavy atom. The first-order valence-corrected chi connectivity index (χ1v) is 11.1. The standard InChI is InChI=1S/C24H28N2O5/c27-21(25-13-10-18(11-14-25)17-6-2-1-3-7-17)16-31-22(28)12-15-26-23(29)19-8-4-5-9-20(19)24(26)30/h1-3,6-7,10,19-20H,4-5,8-9,11-16H2/t19-,20+. The number of hydrogen-bond acceptors (Lipinski definition) is 5.